The number of piperidine rings is 1. The summed E-state index contributed by atoms with van der Waals surface area (Å²) in [5.74, 6) is 1.87. The second-order valence-electron chi connectivity index (χ2n) is 6.34. The van der Waals surface area contributed by atoms with Crippen molar-refractivity contribution in [2.24, 2.45) is 5.92 Å². The van der Waals surface area contributed by atoms with Crippen LogP contribution in [0.4, 0.5) is 0 Å². The largest absolute Gasteiger partial charge is 0.454 e. The summed E-state index contributed by atoms with van der Waals surface area (Å²) in [6, 6.07) is 3.31. The highest BCUT2D eigenvalue weighted by Crippen LogP contribution is 2.16. The maximum atomic E-state index is 12.6. The van der Waals surface area contributed by atoms with E-state index in [0.717, 1.165) is 38.2 Å². The van der Waals surface area contributed by atoms with Gasteiger partial charge in [-0.25, -0.2) is 9.48 Å². The number of hydrogen-bond acceptors (Lipinski definition) is 5. The van der Waals surface area contributed by atoms with Crippen LogP contribution in [-0.2, 0) is 19.5 Å². The lowest BCUT2D eigenvalue weighted by Gasteiger charge is -2.21. The summed E-state index contributed by atoms with van der Waals surface area (Å²) < 4.78 is 8.65. The molecule has 3 heterocycles. The third-order valence-corrected chi connectivity index (χ3v) is 4.66. The van der Waals surface area contributed by atoms with Gasteiger partial charge in [-0.2, -0.15) is 5.10 Å². The minimum absolute atomic E-state index is 0.135. The summed E-state index contributed by atoms with van der Waals surface area (Å²) in [5.41, 5.74) is -0.135. The molecule has 1 saturated heterocycles. The van der Waals surface area contributed by atoms with Gasteiger partial charge >= 0.3 is 5.69 Å². The van der Waals surface area contributed by atoms with Crippen LogP contribution in [0, 0.1) is 5.92 Å². The number of rotatable bonds is 6. The second kappa shape index (κ2) is 7.69. The molecular weight excluding hydrogens is 322 g/mol. The molecule has 2 aromatic rings. The molecule has 136 valence electrons. The fourth-order valence-corrected chi connectivity index (χ4v) is 3.26. The Kier molecular flexibility index (Phi) is 5.37. The summed E-state index contributed by atoms with van der Waals surface area (Å²) in [5, 5.41) is 10.4. The standard InChI is InChI=1S/C17H25N5O3/c1-3-21-15(10-12-6-8-19-9-7-12)20-22(17(21)24)11-13-4-5-14(25-13)16(23)18-2/h4-5,12,19H,3,6-11H2,1-2H3,(H,18,23). The van der Waals surface area contributed by atoms with E-state index in [4.69, 9.17) is 4.42 Å². The van der Waals surface area contributed by atoms with Crippen LogP contribution >= 0.6 is 0 Å². The first-order valence-electron chi connectivity index (χ1n) is 8.80. The van der Waals surface area contributed by atoms with Crippen molar-refractivity contribution < 1.29 is 9.21 Å². The van der Waals surface area contributed by atoms with Gasteiger partial charge in [-0.15, -0.1) is 0 Å². The van der Waals surface area contributed by atoms with Crippen molar-refractivity contribution in [2.45, 2.75) is 39.3 Å². The molecule has 0 bridgehead atoms. The van der Waals surface area contributed by atoms with E-state index in [0.29, 0.717) is 18.2 Å². The van der Waals surface area contributed by atoms with E-state index < -0.39 is 0 Å². The van der Waals surface area contributed by atoms with Crippen LogP contribution in [0.25, 0.3) is 0 Å². The first-order valence-corrected chi connectivity index (χ1v) is 8.80. The maximum Gasteiger partial charge on any atom is 0.346 e. The van der Waals surface area contributed by atoms with Gasteiger partial charge in [0.25, 0.3) is 5.91 Å². The maximum absolute atomic E-state index is 12.6. The Morgan fingerprint density at radius 2 is 2.16 bits per heavy atom. The van der Waals surface area contributed by atoms with Crippen LogP contribution in [0.1, 0.15) is 41.9 Å². The molecule has 0 unspecified atom stereocenters. The van der Waals surface area contributed by atoms with E-state index >= 15 is 0 Å². The average molecular weight is 347 g/mol. The van der Waals surface area contributed by atoms with Crippen LogP contribution in [0.3, 0.4) is 0 Å². The molecule has 2 aromatic heterocycles. The molecule has 0 spiro atoms. The molecule has 1 aliphatic heterocycles. The summed E-state index contributed by atoms with van der Waals surface area (Å²) >= 11 is 0. The van der Waals surface area contributed by atoms with E-state index in [1.165, 1.54) is 4.68 Å². The molecule has 0 saturated carbocycles. The van der Waals surface area contributed by atoms with Crippen LogP contribution < -0.4 is 16.3 Å². The molecule has 1 fully saturated rings. The molecule has 0 aliphatic carbocycles. The third-order valence-electron chi connectivity index (χ3n) is 4.66. The SMILES string of the molecule is CCn1c(CC2CCNCC2)nn(Cc2ccc(C(=O)NC)o2)c1=O. The first kappa shape index (κ1) is 17.5. The van der Waals surface area contributed by atoms with E-state index in [-0.39, 0.29) is 23.9 Å². The number of amides is 1. The zero-order valence-electron chi connectivity index (χ0n) is 14.7. The first-order chi connectivity index (χ1) is 12.1. The van der Waals surface area contributed by atoms with E-state index in [1.807, 2.05) is 6.92 Å². The fraction of sp³-hybridized carbons (Fsp3) is 0.588. The fourth-order valence-electron chi connectivity index (χ4n) is 3.26. The number of hydrogen-bond donors (Lipinski definition) is 2. The zero-order chi connectivity index (χ0) is 17.8. The molecule has 8 heteroatoms. The van der Waals surface area contributed by atoms with Gasteiger partial charge < -0.3 is 15.1 Å². The lowest BCUT2D eigenvalue weighted by atomic mass is 9.94. The molecule has 8 nitrogen and oxygen atoms in total. The molecule has 25 heavy (non-hydrogen) atoms. The van der Waals surface area contributed by atoms with E-state index in [2.05, 4.69) is 15.7 Å². The van der Waals surface area contributed by atoms with E-state index in [1.54, 1.807) is 23.7 Å². The van der Waals surface area contributed by atoms with Crippen molar-refractivity contribution in [1.29, 1.82) is 0 Å². The van der Waals surface area contributed by atoms with Gasteiger partial charge in [-0.3, -0.25) is 9.36 Å². The molecule has 1 aliphatic rings. The van der Waals surface area contributed by atoms with E-state index in [9.17, 15) is 9.59 Å². The van der Waals surface area contributed by atoms with Gasteiger partial charge in [-0.1, -0.05) is 0 Å². The molecule has 0 radical (unpaired) electrons. The molecule has 1 amide bonds. The lowest BCUT2D eigenvalue weighted by molar-refractivity contribution is 0.0933. The van der Waals surface area contributed by atoms with Gasteiger partial charge in [0, 0.05) is 20.0 Å². The van der Waals surface area contributed by atoms with Crippen molar-refractivity contribution >= 4 is 5.91 Å². The van der Waals surface area contributed by atoms with Gasteiger partial charge in [0.1, 0.15) is 18.1 Å². The number of nitrogens with one attached hydrogen (secondary N) is 2. The Labute approximate surface area is 146 Å². The summed E-state index contributed by atoms with van der Waals surface area (Å²) in [6.07, 6.45) is 3.04. The number of aromatic nitrogens is 3. The summed E-state index contributed by atoms with van der Waals surface area (Å²) in [6.45, 7) is 4.82. The predicted octanol–water partition coefficient (Wildman–Crippen LogP) is 0.608. The average Bonchev–Trinajstić information content (AvgIpc) is 3.21. The smallest absolute Gasteiger partial charge is 0.346 e. The minimum atomic E-state index is -0.288. The van der Waals surface area contributed by atoms with Crippen molar-refractivity contribution in [3.8, 4) is 0 Å². The van der Waals surface area contributed by atoms with Crippen molar-refractivity contribution in [3.63, 3.8) is 0 Å². The Morgan fingerprint density at radius 3 is 2.84 bits per heavy atom. The Hall–Kier alpha value is -2.35. The summed E-state index contributed by atoms with van der Waals surface area (Å²) in [7, 11) is 1.55. The van der Waals surface area contributed by atoms with Gasteiger partial charge in [0.2, 0.25) is 0 Å². The topological polar surface area (TPSA) is 94.1 Å². The predicted molar refractivity (Wildman–Crippen MR) is 92.7 cm³/mol. The normalized spacial score (nSPS) is 15.4. The molecule has 2 N–H and O–H groups in total. The number of nitrogens with zero attached hydrogens (tertiary/aromatic N) is 3. The molecule has 0 atom stereocenters. The highest BCUT2D eigenvalue weighted by atomic mass is 16.4. The molecular formula is C17H25N5O3. The van der Waals surface area contributed by atoms with Crippen LogP contribution in [0.2, 0.25) is 0 Å². The highest BCUT2D eigenvalue weighted by molar-refractivity contribution is 5.91. The van der Waals surface area contributed by atoms with Crippen LogP contribution in [0.15, 0.2) is 21.3 Å². The Morgan fingerprint density at radius 1 is 1.40 bits per heavy atom. The number of furan rings is 1. The number of carbonyl (C=O) groups is 1. The Bertz CT molecular complexity index is 783. The number of carbonyl (C=O) groups excluding carboxylic acids is 1. The molecule has 0 aromatic carbocycles. The van der Waals surface area contributed by atoms with Gasteiger partial charge in [-0.05, 0) is 50.9 Å². The van der Waals surface area contributed by atoms with Gasteiger partial charge in [0.05, 0.1) is 0 Å². The van der Waals surface area contributed by atoms with Crippen molar-refractivity contribution in [3.05, 3.63) is 40.0 Å². The van der Waals surface area contributed by atoms with Crippen molar-refractivity contribution in [2.75, 3.05) is 20.1 Å². The van der Waals surface area contributed by atoms with Crippen molar-refractivity contribution in [1.82, 2.24) is 25.0 Å². The lowest BCUT2D eigenvalue weighted by Crippen LogP contribution is -2.30. The quantitative estimate of drug-likeness (QED) is 0.798. The molecule has 3 rings (SSSR count). The minimum Gasteiger partial charge on any atom is -0.454 e. The highest BCUT2D eigenvalue weighted by Gasteiger charge is 2.20. The van der Waals surface area contributed by atoms with Crippen LogP contribution in [0.5, 0.6) is 0 Å². The summed E-state index contributed by atoms with van der Waals surface area (Å²) in [4.78, 5) is 24.2. The zero-order valence-corrected chi connectivity index (χ0v) is 14.7. The monoisotopic (exact) mass is 347 g/mol. The third kappa shape index (κ3) is 3.84. The Balaban J connectivity index is 1.78. The second-order valence-corrected chi connectivity index (χ2v) is 6.34. The van der Waals surface area contributed by atoms with Gasteiger partial charge in [0.15, 0.2) is 5.76 Å². The van der Waals surface area contributed by atoms with Crippen LogP contribution in [-0.4, -0.2) is 40.4 Å².